The van der Waals surface area contributed by atoms with Gasteiger partial charge in [0, 0.05) is 30.4 Å². The minimum absolute atomic E-state index is 0.0767. The molecule has 0 aliphatic rings. The number of hydrogen-bond acceptors (Lipinski definition) is 9. The number of nitrogens with zero attached hydrogens (tertiary/aromatic N) is 3. The molecular formula is C22H17FN4O5S. The lowest BCUT2D eigenvalue weighted by Crippen LogP contribution is -2.24. The van der Waals surface area contributed by atoms with Crippen LogP contribution in [0.1, 0.15) is 15.9 Å². The normalized spacial score (nSPS) is 10.6. The van der Waals surface area contributed by atoms with E-state index in [1.54, 1.807) is 30.3 Å². The lowest BCUT2D eigenvalue weighted by atomic mass is 10.2. The third-order valence-electron chi connectivity index (χ3n) is 4.50. The first-order valence-electron chi connectivity index (χ1n) is 9.65. The molecule has 0 atom stereocenters. The van der Waals surface area contributed by atoms with Crippen molar-refractivity contribution in [3.05, 3.63) is 71.7 Å². The Morgan fingerprint density at radius 2 is 1.88 bits per heavy atom. The molecule has 9 nitrogen and oxygen atoms in total. The summed E-state index contributed by atoms with van der Waals surface area (Å²) < 4.78 is 38.1. The number of carbonyl (C=O) groups excluding carboxylic acids is 2. The summed E-state index contributed by atoms with van der Waals surface area (Å²) in [6.07, 6.45) is 1.50. The summed E-state index contributed by atoms with van der Waals surface area (Å²) in [6.45, 7) is -0.408. The minimum Gasteiger partial charge on any atom is -0.482 e. The number of fused-ring (bicyclic) bond motifs is 1. The van der Waals surface area contributed by atoms with Gasteiger partial charge in [-0.2, -0.15) is 8.75 Å². The molecule has 0 fully saturated rings. The Morgan fingerprint density at radius 1 is 1.06 bits per heavy atom. The Hall–Kier alpha value is -4.12. The van der Waals surface area contributed by atoms with Gasteiger partial charge in [0.1, 0.15) is 33.9 Å². The number of carbonyl (C=O) groups is 2. The second-order valence-electron chi connectivity index (χ2n) is 6.67. The zero-order chi connectivity index (χ0) is 23.2. The number of rotatable bonds is 8. The van der Waals surface area contributed by atoms with Gasteiger partial charge in [0.05, 0.1) is 18.8 Å². The van der Waals surface area contributed by atoms with Crippen molar-refractivity contribution in [2.24, 2.45) is 0 Å². The van der Waals surface area contributed by atoms with Crippen molar-refractivity contribution in [1.82, 2.24) is 19.0 Å². The first-order valence-corrected chi connectivity index (χ1v) is 10.4. The number of ether oxygens (including phenoxy) is 3. The molecule has 0 aliphatic heterocycles. The number of aromatic nitrogens is 3. The average molecular weight is 468 g/mol. The van der Waals surface area contributed by atoms with Gasteiger partial charge >= 0.3 is 5.97 Å². The third-order valence-corrected chi connectivity index (χ3v) is 5.06. The summed E-state index contributed by atoms with van der Waals surface area (Å²) in [5.74, 6) is -0.931. The van der Waals surface area contributed by atoms with Gasteiger partial charge in [-0.1, -0.05) is 6.07 Å². The number of methoxy groups -OCH3 is 1. The largest absolute Gasteiger partial charge is 0.482 e. The van der Waals surface area contributed by atoms with Gasteiger partial charge in [0.2, 0.25) is 5.88 Å². The third kappa shape index (κ3) is 5.39. The fraction of sp³-hybridized carbons (Fsp3) is 0.136. The molecule has 4 rings (SSSR count). The quantitative estimate of drug-likeness (QED) is 0.391. The van der Waals surface area contributed by atoms with Crippen molar-refractivity contribution in [2.75, 3.05) is 13.7 Å². The maximum atomic E-state index is 14.4. The van der Waals surface area contributed by atoms with Crippen molar-refractivity contribution in [2.45, 2.75) is 6.54 Å². The maximum absolute atomic E-state index is 14.4. The molecule has 2 aromatic heterocycles. The molecule has 0 unspecified atom stereocenters. The summed E-state index contributed by atoms with van der Waals surface area (Å²) in [5.41, 5.74) is 1.85. The molecule has 1 N–H and O–H groups in total. The molecular weight excluding hydrogens is 451 g/mol. The molecule has 4 aromatic rings. The van der Waals surface area contributed by atoms with Crippen molar-refractivity contribution in [1.29, 1.82) is 0 Å². The van der Waals surface area contributed by atoms with Crippen LogP contribution >= 0.6 is 11.7 Å². The van der Waals surface area contributed by atoms with E-state index >= 15 is 0 Å². The van der Waals surface area contributed by atoms with Crippen molar-refractivity contribution in [3.8, 4) is 17.4 Å². The van der Waals surface area contributed by atoms with Gasteiger partial charge in [-0.25, -0.2) is 14.2 Å². The first kappa shape index (κ1) is 22.1. The Labute approximate surface area is 191 Å². The van der Waals surface area contributed by atoms with Crippen LogP contribution < -0.4 is 14.8 Å². The number of esters is 1. The Morgan fingerprint density at radius 3 is 2.70 bits per heavy atom. The molecule has 0 saturated carbocycles. The minimum atomic E-state index is -0.592. The van der Waals surface area contributed by atoms with E-state index in [0.29, 0.717) is 11.3 Å². The zero-order valence-corrected chi connectivity index (χ0v) is 18.1. The molecule has 0 aliphatic carbocycles. The van der Waals surface area contributed by atoms with Crippen molar-refractivity contribution >= 4 is 34.6 Å². The van der Waals surface area contributed by atoms with E-state index < -0.39 is 17.7 Å². The van der Waals surface area contributed by atoms with E-state index in [0.717, 1.165) is 23.3 Å². The highest BCUT2D eigenvalue weighted by atomic mass is 32.1. The predicted molar refractivity (Wildman–Crippen MR) is 117 cm³/mol. The predicted octanol–water partition coefficient (Wildman–Crippen LogP) is 3.50. The van der Waals surface area contributed by atoms with Gasteiger partial charge in [0.15, 0.2) is 6.61 Å². The van der Waals surface area contributed by atoms with E-state index in [9.17, 15) is 14.0 Å². The van der Waals surface area contributed by atoms with Crippen molar-refractivity contribution in [3.63, 3.8) is 0 Å². The van der Waals surface area contributed by atoms with E-state index in [4.69, 9.17) is 9.47 Å². The molecule has 2 aromatic carbocycles. The van der Waals surface area contributed by atoms with Crippen LogP contribution in [0.25, 0.3) is 11.0 Å². The molecule has 168 valence electrons. The highest BCUT2D eigenvalue weighted by Crippen LogP contribution is 2.26. The highest BCUT2D eigenvalue weighted by molar-refractivity contribution is 7.00. The Balaban J connectivity index is 1.42. The molecule has 11 heteroatoms. The summed E-state index contributed by atoms with van der Waals surface area (Å²) >= 11 is 1.09. The number of amides is 1. The summed E-state index contributed by atoms with van der Waals surface area (Å²) in [4.78, 5) is 28.0. The van der Waals surface area contributed by atoms with Gasteiger partial charge in [0.25, 0.3) is 5.91 Å². The number of benzene rings is 2. The number of halogens is 1. The molecule has 1 amide bonds. The maximum Gasteiger partial charge on any atom is 0.343 e. The monoisotopic (exact) mass is 468 g/mol. The molecule has 0 saturated heterocycles. The van der Waals surface area contributed by atoms with Crippen LogP contribution in [0.3, 0.4) is 0 Å². The molecule has 0 bridgehead atoms. The second kappa shape index (κ2) is 10.0. The fourth-order valence-corrected chi connectivity index (χ4v) is 3.33. The molecule has 2 heterocycles. The van der Waals surface area contributed by atoms with E-state index in [2.05, 4.69) is 23.8 Å². The summed E-state index contributed by atoms with van der Waals surface area (Å²) in [6, 6.07) is 12.4. The van der Waals surface area contributed by atoms with Crippen LogP contribution in [0.5, 0.6) is 17.4 Å². The van der Waals surface area contributed by atoms with Crippen LogP contribution in [-0.2, 0) is 16.1 Å². The number of nitrogens with one attached hydrogen (secondary N) is 1. The Bertz CT molecular complexity index is 1310. The number of pyridine rings is 1. The van der Waals surface area contributed by atoms with Gasteiger partial charge < -0.3 is 19.5 Å². The van der Waals surface area contributed by atoms with Gasteiger partial charge in [-0.15, -0.1) is 0 Å². The van der Waals surface area contributed by atoms with Crippen LogP contribution in [0.2, 0.25) is 0 Å². The lowest BCUT2D eigenvalue weighted by Gasteiger charge is -2.11. The molecule has 33 heavy (non-hydrogen) atoms. The van der Waals surface area contributed by atoms with E-state index in [-0.39, 0.29) is 35.9 Å². The molecule has 0 radical (unpaired) electrons. The summed E-state index contributed by atoms with van der Waals surface area (Å²) in [7, 11) is 1.23. The van der Waals surface area contributed by atoms with Gasteiger partial charge in [-0.05, 0) is 30.3 Å². The van der Waals surface area contributed by atoms with Crippen LogP contribution in [0.4, 0.5) is 4.39 Å². The highest BCUT2D eigenvalue weighted by Gasteiger charge is 2.16. The SMILES string of the molecule is COC(=O)COc1ccc(CNC(=O)c2cccnc2Oc2ccc3nsnc3c2)c(F)c1. The van der Waals surface area contributed by atoms with Crippen LogP contribution in [-0.4, -0.2) is 39.3 Å². The van der Waals surface area contributed by atoms with Crippen LogP contribution in [0, 0.1) is 5.82 Å². The Kier molecular flexibility index (Phi) is 6.69. The van der Waals surface area contributed by atoms with Gasteiger partial charge in [-0.3, -0.25) is 4.79 Å². The first-order chi connectivity index (χ1) is 16.0. The smallest absolute Gasteiger partial charge is 0.343 e. The van der Waals surface area contributed by atoms with Crippen molar-refractivity contribution < 1.29 is 28.2 Å². The number of hydrogen-bond donors (Lipinski definition) is 1. The fourth-order valence-electron chi connectivity index (χ4n) is 2.82. The average Bonchev–Trinajstić information content (AvgIpc) is 3.30. The summed E-state index contributed by atoms with van der Waals surface area (Å²) in [5, 5.41) is 2.65. The molecule has 0 spiro atoms. The topological polar surface area (TPSA) is 113 Å². The second-order valence-corrected chi connectivity index (χ2v) is 7.20. The lowest BCUT2D eigenvalue weighted by molar-refractivity contribution is -0.142. The van der Waals surface area contributed by atoms with Crippen LogP contribution in [0.15, 0.2) is 54.7 Å². The standard InChI is InChI=1S/C22H17FN4O5S/c1-30-20(28)12-31-14-5-4-13(17(23)9-14)11-25-21(29)16-3-2-8-24-22(16)32-15-6-7-18-19(10-15)27-33-26-18/h2-10H,11-12H2,1H3,(H,25,29). The van der Waals surface area contributed by atoms with E-state index in [1.807, 2.05) is 0 Å². The van der Waals surface area contributed by atoms with E-state index in [1.165, 1.54) is 25.4 Å². The zero-order valence-electron chi connectivity index (χ0n) is 17.3.